The van der Waals surface area contributed by atoms with Crippen molar-refractivity contribution in [2.45, 2.75) is 36.6 Å². The van der Waals surface area contributed by atoms with E-state index in [1.54, 1.807) is 13.0 Å². The summed E-state index contributed by atoms with van der Waals surface area (Å²) in [6.45, 7) is 3.00. The lowest BCUT2D eigenvalue weighted by Crippen LogP contribution is -2.51. The third kappa shape index (κ3) is 4.28. The van der Waals surface area contributed by atoms with Crippen LogP contribution in [-0.4, -0.2) is 70.4 Å². The number of sulfone groups is 1. The molecule has 0 bridgehead atoms. The number of carbonyl (C=O) groups is 1. The standard InChI is InChI=1S/C19H26N2O7S2/c1-19(6-11-29(23,24)13-19)20-18(22)14-4-7-21(8-5-14)30(25,26)15-2-3-16-17(12-15)28-10-9-27-16/h2-3,12,14H,4-11,13H2,1H3,(H,20,22)/t19-/m1/s1. The van der Waals surface area contributed by atoms with Gasteiger partial charge in [0, 0.05) is 25.1 Å². The summed E-state index contributed by atoms with van der Waals surface area (Å²) >= 11 is 0. The van der Waals surface area contributed by atoms with E-state index in [0.717, 1.165) is 0 Å². The minimum atomic E-state index is -3.71. The van der Waals surface area contributed by atoms with Crippen LogP contribution in [0.25, 0.3) is 0 Å². The van der Waals surface area contributed by atoms with E-state index >= 15 is 0 Å². The van der Waals surface area contributed by atoms with Gasteiger partial charge in [-0.25, -0.2) is 16.8 Å². The number of hydrogen-bond donors (Lipinski definition) is 1. The second kappa shape index (κ2) is 7.69. The molecule has 4 rings (SSSR count). The molecule has 2 fully saturated rings. The highest BCUT2D eigenvalue weighted by Crippen LogP contribution is 2.34. The van der Waals surface area contributed by atoms with E-state index in [9.17, 15) is 21.6 Å². The molecule has 166 valence electrons. The first kappa shape index (κ1) is 21.4. The SMILES string of the molecule is C[C@@]1(NC(=O)C2CCN(S(=O)(=O)c3ccc4c(c3)OCCO4)CC2)CCS(=O)(=O)C1. The molecule has 1 aromatic rings. The Morgan fingerprint density at radius 1 is 1.17 bits per heavy atom. The number of carbonyl (C=O) groups excluding carboxylic acids is 1. The third-order valence-corrected chi connectivity index (χ3v) is 9.70. The van der Waals surface area contributed by atoms with Crippen molar-refractivity contribution in [1.29, 1.82) is 0 Å². The summed E-state index contributed by atoms with van der Waals surface area (Å²) in [5.41, 5.74) is -0.746. The average Bonchev–Trinajstić information content (AvgIpc) is 3.00. The highest BCUT2D eigenvalue weighted by atomic mass is 32.2. The second-order valence-electron chi connectivity index (χ2n) is 8.38. The van der Waals surface area contributed by atoms with Gasteiger partial charge in [-0.05, 0) is 38.3 Å². The van der Waals surface area contributed by atoms with Gasteiger partial charge < -0.3 is 14.8 Å². The highest BCUT2D eigenvalue weighted by molar-refractivity contribution is 7.91. The van der Waals surface area contributed by atoms with Crippen LogP contribution in [0, 0.1) is 5.92 Å². The lowest BCUT2D eigenvalue weighted by molar-refractivity contribution is -0.127. The van der Waals surface area contributed by atoms with Crippen molar-refractivity contribution in [2.24, 2.45) is 5.92 Å². The molecule has 3 aliphatic heterocycles. The summed E-state index contributed by atoms with van der Waals surface area (Å²) in [4.78, 5) is 12.8. The molecule has 30 heavy (non-hydrogen) atoms. The number of nitrogens with one attached hydrogen (secondary N) is 1. The molecular formula is C19H26N2O7S2. The van der Waals surface area contributed by atoms with E-state index in [0.29, 0.717) is 44.0 Å². The monoisotopic (exact) mass is 458 g/mol. The van der Waals surface area contributed by atoms with E-state index in [-0.39, 0.29) is 41.3 Å². The Balaban J connectivity index is 1.38. The van der Waals surface area contributed by atoms with E-state index < -0.39 is 25.4 Å². The van der Waals surface area contributed by atoms with Crippen molar-refractivity contribution in [3.8, 4) is 11.5 Å². The first-order chi connectivity index (χ1) is 14.1. The molecule has 1 aromatic carbocycles. The number of ether oxygens (including phenoxy) is 2. The maximum Gasteiger partial charge on any atom is 0.243 e. The van der Waals surface area contributed by atoms with Crippen molar-refractivity contribution >= 4 is 25.8 Å². The molecule has 1 amide bonds. The van der Waals surface area contributed by atoms with E-state index in [2.05, 4.69) is 5.32 Å². The zero-order chi connectivity index (χ0) is 21.6. The van der Waals surface area contributed by atoms with E-state index in [1.807, 2.05) is 0 Å². The largest absolute Gasteiger partial charge is 0.486 e. The summed E-state index contributed by atoms with van der Waals surface area (Å²) in [6.07, 6.45) is 1.18. The predicted molar refractivity (Wildman–Crippen MR) is 109 cm³/mol. The zero-order valence-corrected chi connectivity index (χ0v) is 18.4. The molecule has 2 saturated heterocycles. The number of hydrogen-bond acceptors (Lipinski definition) is 7. The van der Waals surface area contributed by atoms with Gasteiger partial charge in [0.15, 0.2) is 21.3 Å². The van der Waals surface area contributed by atoms with Crippen molar-refractivity contribution in [3.63, 3.8) is 0 Å². The number of sulfonamides is 1. The Morgan fingerprint density at radius 2 is 1.83 bits per heavy atom. The van der Waals surface area contributed by atoms with Gasteiger partial charge in [0.25, 0.3) is 0 Å². The molecule has 3 heterocycles. The van der Waals surface area contributed by atoms with Crippen molar-refractivity contribution < 1.29 is 31.1 Å². The van der Waals surface area contributed by atoms with Gasteiger partial charge >= 0.3 is 0 Å². The quantitative estimate of drug-likeness (QED) is 0.700. The second-order valence-corrected chi connectivity index (χ2v) is 12.5. The fourth-order valence-electron chi connectivity index (χ4n) is 4.20. The van der Waals surface area contributed by atoms with Gasteiger partial charge in [0.1, 0.15) is 13.2 Å². The van der Waals surface area contributed by atoms with Gasteiger partial charge in [-0.1, -0.05) is 0 Å². The summed E-state index contributed by atoms with van der Waals surface area (Å²) in [7, 11) is -6.82. The van der Waals surface area contributed by atoms with Gasteiger partial charge in [0.05, 0.1) is 21.9 Å². The fourth-order valence-corrected chi connectivity index (χ4v) is 7.78. The zero-order valence-electron chi connectivity index (χ0n) is 16.8. The Kier molecular flexibility index (Phi) is 5.48. The van der Waals surface area contributed by atoms with Crippen molar-refractivity contribution in [2.75, 3.05) is 37.8 Å². The van der Waals surface area contributed by atoms with E-state index in [1.165, 1.54) is 16.4 Å². The third-order valence-electron chi connectivity index (χ3n) is 5.90. The molecule has 0 spiro atoms. The average molecular weight is 459 g/mol. The Labute approximate surface area is 176 Å². The van der Waals surface area contributed by atoms with Crippen LogP contribution in [0.15, 0.2) is 23.1 Å². The van der Waals surface area contributed by atoms with Gasteiger partial charge in [-0.15, -0.1) is 0 Å². The minimum Gasteiger partial charge on any atom is -0.486 e. The number of piperidine rings is 1. The molecule has 9 nitrogen and oxygen atoms in total. The maximum atomic E-state index is 13.0. The van der Waals surface area contributed by atoms with Gasteiger partial charge in [-0.2, -0.15) is 4.31 Å². The smallest absolute Gasteiger partial charge is 0.243 e. The first-order valence-electron chi connectivity index (χ1n) is 10.0. The van der Waals surface area contributed by atoms with Crippen LogP contribution >= 0.6 is 0 Å². The maximum absolute atomic E-state index is 13.0. The lowest BCUT2D eigenvalue weighted by Gasteiger charge is -2.33. The predicted octanol–water partition coefficient (Wildman–Crippen LogP) is 0.552. The minimum absolute atomic E-state index is 0.0525. The molecule has 0 unspecified atom stereocenters. The molecule has 1 atom stereocenters. The van der Waals surface area contributed by atoms with Crippen LogP contribution in [-0.2, 0) is 24.7 Å². The van der Waals surface area contributed by atoms with Crippen LogP contribution in [0.4, 0.5) is 0 Å². The molecule has 0 aliphatic carbocycles. The number of amides is 1. The molecule has 0 saturated carbocycles. The number of rotatable bonds is 4. The summed E-state index contributed by atoms with van der Waals surface area (Å²) in [5, 5.41) is 2.88. The van der Waals surface area contributed by atoms with Crippen molar-refractivity contribution in [1.82, 2.24) is 9.62 Å². The number of fused-ring (bicyclic) bond motifs is 1. The molecule has 0 aromatic heterocycles. The summed E-state index contributed by atoms with van der Waals surface area (Å²) in [6, 6.07) is 4.57. The van der Waals surface area contributed by atoms with Crippen LogP contribution in [0.5, 0.6) is 11.5 Å². The van der Waals surface area contributed by atoms with Crippen LogP contribution in [0.1, 0.15) is 26.2 Å². The Morgan fingerprint density at radius 3 is 2.47 bits per heavy atom. The highest BCUT2D eigenvalue weighted by Gasteiger charge is 2.41. The van der Waals surface area contributed by atoms with Gasteiger partial charge in [0.2, 0.25) is 15.9 Å². The van der Waals surface area contributed by atoms with Crippen molar-refractivity contribution in [3.05, 3.63) is 18.2 Å². The molecule has 11 heteroatoms. The topological polar surface area (TPSA) is 119 Å². The lowest BCUT2D eigenvalue weighted by atomic mass is 9.94. The Hall–Kier alpha value is -1.85. The normalized spacial score (nSPS) is 27.0. The molecular weight excluding hydrogens is 432 g/mol. The summed E-state index contributed by atoms with van der Waals surface area (Å²) < 4.78 is 61.8. The van der Waals surface area contributed by atoms with Crippen LogP contribution in [0.2, 0.25) is 0 Å². The van der Waals surface area contributed by atoms with E-state index in [4.69, 9.17) is 9.47 Å². The van der Waals surface area contributed by atoms with Gasteiger partial charge in [-0.3, -0.25) is 4.79 Å². The van der Waals surface area contributed by atoms with Crippen LogP contribution < -0.4 is 14.8 Å². The summed E-state index contributed by atoms with van der Waals surface area (Å²) in [5.74, 6) is 0.427. The number of benzene rings is 1. The first-order valence-corrected chi connectivity index (χ1v) is 13.3. The molecule has 3 aliphatic rings. The van der Waals surface area contributed by atoms with Crippen LogP contribution in [0.3, 0.4) is 0 Å². The fraction of sp³-hybridized carbons (Fsp3) is 0.632. The molecule has 0 radical (unpaired) electrons. The Bertz CT molecular complexity index is 1050. The number of nitrogens with zero attached hydrogens (tertiary/aromatic N) is 1. The molecule has 1 N–H and O–H groups in total.